The highest BCUT2D eigenvalue weighted by molar-refractivity contribution is 6.28. The number of hydrogen-bond donors (Lipinski definition) is 0. The van der Waals surface area contributed by atoms with Gasteiger partial charge in [0.05, 0.1) is 7.11 Å². The minimum Gasteiger partial charge on any atom is -0.467 e. The number of aromatic nitrogens is 3. The van der Waals surface area contributed by atoms with Crippen LogP contribution in [-0.2, 0) is 0 Å². The predicted molar refractivity (Wildman–Crippen MR) is 61.9 cm³/mol. The first kappa shape index (κ1) is 11.4. The topological polar surface area (TPSA) is 51.1 Å². The lowest BCUT2D eigenvalue weighted by molar-refractivity contribution is 0.378. The van der Waals surface area contributed by atoms with E-state index < -0.39 is 0 Å². The molecule has 2 unspecified atom stereocenters. The molecule has 0 amide bonds. The lowest BCUT2D eigenvalue weighted by Crippen LogP contribution is -2.23. The van der Waals surface area contributed by atoms with E-state index in [1.807, 2.05) is 11.9 Å². The second-order valence-corrected chi connectivity index (χ2v) is 4.58. The maximum atomic E-state index is 5.78. The first-order valence-electron chi connectivity index (χ1n) is 5.27. The van der Waals surface area contributed by atoms with Crippen LogP contribution in [0, 0.1) is 11.8 Å². The Morgan fingerprint density at radius 3 is 2.69 bits per heavy atom. The minimum atomic E-state index is 0.164. The zero-order chi connectivity index (χ0) is 11.7. The molecule has 1 aromatic heterocycles. The zero-order valence-corrected chi connectivity index (χ0v) is 10.4. The molecule has 0 N–H and O–H groups in total. The molecule has 0 aliphatic heterocycles. The maximum absolute atomic E-state index is 5.78. The Morgan fingerprint density at radius 2 is 2.12 bits per heavy atom. The van der Waals surface area contributed by atoms with Crippen molar-refractivity contribution in [3.63, 3.8) is 0 Å². The fourth-order valence-corrected chi connectivity index (χ4v) is 1.82. The predicted octanol–water partition coefficient (Wildman–Crippen LogP) is 1.63. The largest absolute Gasteiger partial charge is 0.467 e. The Kier molecular flexibility index (Phi) is 3.14. The summed E-state index contributed by atoms with van der Waals surface area (Å²) in [5.41, 5.74) is 0. The summed E-state index contributed by atoms with van der Waals surface area (Å²) in [7, 11) is 3.47. The molecular weight excluding hydrogens is 228 g/mol. The third kappa shape index (κ3) is 2.52. The van der Waals surface area contributed by atoms with Crippen molar-refractivity contribution in [2.75, 3.05) is 25.6 Å². The minimum absolute atomic E-state index is 0.164. The van der Waals surface area contributed by atoms with E-state index in [0.717, 1.165) is 18.4 Å². The van der Waals surface area contributed by atoms with E-state index in [4.69, 9.17) is 16.3 Å². The van der Waals surface area contributed by atoms with E-state index >= 15 is 0 Å². The molecular formula is C10H15ClN4O. The molecule has 2 atom stereocenters. The van der Waals surface area contributed by atoms with Crippen LogP contribution >= 0.6 is 11.6 Å². The molecule has 1 aliphatic carbocycles. The standard InChI is InChI=1S/C10H15ClN4O/c1-6-4-7(6)5-15(2)9-12-8(11)13-10(14-9)16-3/h6-7H,4-5H2,1-3H3. The summed E-state index contributed by atoms with van der Waals surface area (Å²) < 4.78 is 4.95. The van der Waals surface area contributed by atoms with E-state index in [0.29, 0.717) is 5.95 Å². The van der Waals surface area contributed by atoms with Crippen LogP contribution in [-0.4, -0.2) is 35.7 Å². The van der Waals surface area contributed by atoms with E-state index in [1.54, 1.807) is 0 Å². The van der Waals surface area contributed by atoms with Crippen LogP contribution in [0.15, 0.2) is 0 Å². The lowest BCUT2D eigenvalue weighted by atomic mass is 10.3. The SMILES string of the molecule is COc1nc(Cl)nc(N(C)CC2CC2C)n1. The Balaban J connectivity index is 2.09. The van der Waals surface area contributed by atoms with Gasteiger partial charge >= 0.3 is 6.01 Å². The third-order valence-electron chi connectivity index (χ3n) is 2.88. The Labute approximate surface area is 99.8 Å². The third-order valence-corrected chi connectivity index (χ3v) is 3.05. The van der Waals surface area contributed by atoms with Gasteiger partial charge in [-0.2, -0.15) is 15.0 Å². The molecule has 5 nitrogen and oxygen atoms in total. The van der Waals surface area contributed by atoms with Gasteiger partial charge in [0.25, 0.3) is 0 Å². The number of nitrogens with zero attached hydrogens (tertiary/aromatic N) is 4. The number of halogens is 1. The highest BCUT2D eigenvalue weighted by atomic mass is 35.5. The van der Waals surface area contributed by atoms with E-state index in [1.165, 1.54) is 13.5 Å². The second-order valence-electron chi connectivity index (χ2n) is 4.24. The van der Waals surface area contributed by atoms with Crippen LogP contribution < -0.4 is 9.64 Å². The number of hydrogen-bond acceptors (Lipinski definition) is 5. The molecule has 0 saturated heterocycles. The Hall–Kier alpha value is -1.10. The fourth-order valence-electron chi connectivity index (χ4n) is 1.67. The van der Waals surface area contributed by atoms with Gasteiger partial charge in [0.1, 0.15) is 0 Å². The van der Waals surface area contributed by atoms with Crippen molar-refractivity contribution >= 4 is 17.5 Å². The summed E-state index contributed by atoms with van der Waals surface area (Å²) in [4.78, 5) is 14.1. The molecule has 0 bridgehead atoms. The van der Waals surface area contributed by atoms with Crippen molar-refractivity contribution in [1.82, 2.24) is 15.0 Å². The second kappa shape index (κ2) is 4.41. The van der Waals surface area contributed by atoms with Gasteiger partial charge < -0.3 is 9.64 Å². The number of ether oxygens (including phenoxy) is 1. The molecule has 1 heterocycles. The lowest BCUT2D eigenvalue weighted by Gasteiger charge is -2.16. The van der Waals surface area contributed by atoms with Gasteiger partial charge in [0, 0.05) is 13.6 Å². The summed E-state index contributed by atoms with van der Waals surface area (Å²) in [6, 6.07) is 0.255. The fraction of sp³-hybridized carbons (Fsp3) is 0.700. The van der Waals surface area contributed by atoms with Crippen LogP contribution in [0.25, 0.3) is 0 Å². The Morgan fingerprint density at radius 1 is 1.44 bits per heavy atom. The van der Waals surface area contributed by atoms with Gasteiger partial charge in [0.2, 0.25) is 11.2 Å². The van der Waals surface area contributed by atoms with Crippen molar-refractivity contribution in [1.29, 1.82) is 0 Å². The van der Waals surface area contributed by atoms with Crippen LogP contribution in [0.5, 0.6) is 6.01 Å². The average Bonchev–Trinajstić information content (AvgIpc) is 2.93. The summed E-state index contributed by atoms with van der Waals surface area (Å²) in [6.45, 7) is 3.20. The van der Waals surface area contributed by atoms with Gasteiger partial charge in [-0.1, -0.05) is 6.92 Å². The molecule has 1 fully saturated rings. The Bertz CT molecular complexity index is 387. The molecule has 16 heavy (non-hydrogen) atoms. The van der Waals surface area contributed by atoms with E-state index in [9.17, 15) is 0 Å². The molecule has 1 aromatic rings. The van der Waals surface area contributed by atoms with Crippen molar-refractivity contribution in [2.24, 2.45) is 11.8 Å². The van der Waals surface area contributed by atoms with Gasteiger partial charge in [-0.25, -0.2) is 0 Å². The molecule has 0 radical (unpaired) electrons. The summed E-state index contributed by atoms with van der Waals surface area (Å²) >= 11 is 5.78. The molecule has 0 aromatic carbocycles. The van der Waals surface area contributed by atoms with Gasteiger partial charge in [-0.05, 0) is 29.9 Å². The van der Waals surface area contributed by atoms with Gasteiger partial charge in [-0.3, -0.25) is 0 Å². The molecule has 2 rings (SSSR count). The van der Waals surface area contributed by atoms with Crippen LogP contribution in [0.4, 0.5) is 5.95 Å². The van der Waals surface area contributed by atoms with Crippen LogP contribution in [0.3, 0.4) is 0 Å². The maximum Gasteiger partial charge on any atom is 0.322 e. The molecule has 88 valence electrons. The summed E-state index contributed by atoms with van der Waals surface area (Å²) in [5, 5.41) is 0.164. The average molecular weight is 243 g/mol. The normalized spacial score (nSPS) is 23.0. The number of rotatable bonds is 4. The van der Waals surface area contributed by atoms with Crippen LogP contribution in [0.1, 0.15) is 13.3 Å². The first-order chi connectivity index (χ1) is 7.60. The van der Waals surface area contributed by atoms with E-state index in [-0.39, 0.29) is 11.3 Å². The van der Waals surface area contributed by atoms with Crippen LogP contribution in [0.2, 0.25) is 5.28 Å². The van der Waals surface area contributed by atoms with Crippen molar-refractivity contribution < 1.29 is 4.74 Å². The highest BCUT2D eigenvalue weighted by Crippen LogP contribution is 2.38. The highest BCUT2D eigenvalue weighted by Gasteiger charge is 2.33. The van der Waals surface area contributed by atoms with Gasteiger partial charge in [0.15, 0.2) is 0 Å². The quantitative estimate of drug-likeness (QED) is 0.803. The van der Waals surface area contributed by atoms with E-state index in [2.05, 4.69) is 21.9 Å². The monoisotopic (exact) mass is 242 g/mol. The van der Waals surface area contributed by atoms with Crippen molar-refractivity contribution in [2.45, 2.75) is 13.3 Å². The summed E-state index contributed by atoms with van der Waals surface area (Å²) in [6.07, 6.45) is 1.28. The van der Waals surface area contributed by atoms with Crippen molar-refractivity contribution in [3.8, 4) is 6.01 Å². The first-order valence-corrected chi connectivity index (χ1v) is 5.64. The smallest absolute Gasteiger partial charge is 0.322 e. The number of anilines is 1. The zero-order valence-electron chi connectivity index (χ0n) is 9.64. The number of methoxy groups -OCH3 is 1. The molecule has 1 saturated carbocycles. The summed E-state index contributed by atoms with van der Waals surface area (Å²) in [5.74, 6) is 2.11. The molecule has 6 heteroatoms. The molecule has 1 aliphatic rings. The van der Waals surface area contributed by atoms with Crippen molar-refractivity contribution in [3.05, 3.63) is 5.28 Å². The van der Waals surface area contributed by atoms with Gasteiger partial charge in [-0.15, -0.1) is 0 Å². The molecule has 0 spiro atoms.